The lowest BCUT2D eigenvalue weighted by Crippen LogP contribution is -2.41. The Hall–Kier alpha value is -1.27. The summed E-state index contributed by atoms with van der Waals surface area (Å²) in [4.78, 5) is 11.0. The molecule has 2 rings (SSSR count). The van der Waals surface area contributed by atoms with Crippen LogP contribution in [0.25, 0.3) is 0 Å². The third kappa shape index (κ3) is 2.69. The molecule has 0 aliphatic carbocycles. The van der Waals surface area contributed by atoms with Crippen LogP contribution < -0.4 is 0 Å². The van der Waals surface area contributed by atoms with Crippen molar-refractivity contribution in [2.75, 3.05) is 0 Å². The first kappa shape index (κ1) is 14.2. The lowest BCUT2D eigenvalue weighted by molar-refractivity contribution is -0.137. The molecule has 1 unspecified atom stereocenters. The van der Waals surface area contributed by atoms with E-state index in [0.717, 1.165) is 5.56 Å². The Morgan fingerprint density at radius 2 is 1.89 bits per heavy atom. The van der Waals surface area contributed by atoms with Crippen LogP contribution in [0.15, 0.2) is 23.0 Å². The summed E-state index contributed by atoms with van der Waals surface area (Å²) in [6, 6.07) is 1.75. The van der Waals surface area contributed by atoms with Crippen LogP contribution in [0.1, 0.15) is 45.5 Å². The van der Waals surface area contributed by atoms with E-state index in [-0.39, 0.29) is 12.2 Å². The van der Waals surface area contributed by atoms with Crippen molar-refractivity contribution in [3.63, 3.8) is 0 Å². The maximum absolute atomic E-state index is 11.0. The normalized spacial score (nSPS) is 22.4. The van der Waals surface area contributed by atoms with Gasteiger partial charge in [-0.15, -0.1) is 0 Å². The topological polar surface area (TPSA) is 68.9 Å². The van der Waals surface area contributed by atoms with E-state index in [2.05, 4.69) is 0 Å². The Morgan fingerprint density at radius 3 is 2.32 bits per heavy atom. The summed E-state index contributed by atoms with van der Waals surface area (Å²) in [5.74, 6) is -1.27. The fourth-order valence-corrected chi connectivity index (χ4v) is 2.10. The van der Waals surface area contributed by atoms with Gasteiger partial charge >= 0.3 is 13.1 Å². The van der Waals surface area contributed by atoms with Crippen LogP contribution in [-0.2, 0) is 14.1 Å². The molecule has 104 valence electrons. The van der Waals surface area contributed by atoms with Gasteiger partial charge in [0.05, 0.1) is 30.1 Å². The first-order chi connectivity index (χ1) is 8.73. The molecule has 1 saturated heterocycles. The van der Waals surface area contributed by atoms with Crippen LogP contribution >= 0.6 is 0 Å². The minimum atomic E-state index is -0.888. The minimum Gasteiger partial charge on any atom is -0.481 e. The Morgan fingerprint density at radius 1 is 1.32 bits per heavy atom. The third-order valence-electron chi connectivity index (χ3n) is 3.97. The van der Waals surface area contributed by atoms with Crippen LogP contribution in [0, 0.1) is 0 Å². The molecule has 1 aliphatic heterocycles. The van der Waals surface area contributed by atoms with Gasteiger partial charge in [0, 0.05) is 5.82 Å². The summed E-state index contributed by atoms with van der Waals surface area (Å²) < 4.78 is 16.9. The van der Waals surface area contributed by atoms with Gasteiger partial charge in [-0.1, -0.05) is 0 Å². The first-order valence-electron chi connectivity index (χ1n) is 6.32. The molecule has 1 N–H and O–H groups in total. The van der Waals surface area contributed by atoms with Gasteiger partial charge in [-0.05, 0) is 39.3 Å². The number of hydrogen-bond acceptors (Lipinski definition) is 4. The van der Waals surface area contributed by atoms with E-state index in [1.165, 1.54) is 6.26 Å². The molecule has 0 saturated carbocycles. The highest BCUT2D eigenvalue weighted by Gasteiger charge is 2.54. The average molecular weight is 266 g/mol. The molecule has 0 bridgehead atoms. The number of furan rings is 1. The molecule has 1 fully saturated rings. The number of carbonyl (C=O) groups is 1. The van der Waals surface area contributed by atoms with Gasteiger partial charge in [-0.25, -0.2) is 0 Å². The van der Waals surface area contributed by atoms with Gasteiger partial charge in [0.15, 0.2) is 0 Å². The Bertz CT molecular complexity index is 436. The Balaban J connectivity index is 2.24. The van der Waals surface area contributed by atoms with Crippen molar-refractivity contribution >= 4 is 13.1 Å². The van der Waals surface area contributed by atoms with E-state index in [1.807, 2.05) is 27.7 Å². The number of carboxylic acid groups (broad SMARTS) is 1. The Kier molecular flexibility index (Phi) is 3.49. The van der Waals surface area contributed by atoms with E-state index in [4.69, 9.17) is 18.8 Å². The lowest BCUT2D eigenvalue weighted by atomic mass is 9.67. The molecule has 5 nitrogen and oxygen atoms in total. The van der Waals surface area contributed by atoms with Crippen LogP contribution in [-0.4, -0.2) is 29.4 Å². The minimum absolute atomic E-state index is 0.0592. The summed E-state index contributed by atoms with van der Waals surface area (Å²) in [5, 5.41) is 9.06. The zero-order chi connectivity index (χ0) is 14.3. The second kappa shape index (κ2) is 4.69. The van der Waals surface area contributed by atoms with E-state index >= 15 is 0 Å². The van der Waals surface area contributed by atoms with Crippen molar-refractivity contribution < 1.29 is 23.6 Å². The van der Waals surface area contributed by atoms with E-state index in [1.54, 1.807) is 12.3 Å². The lowest BCUT2D eigenvalue weighted by Gasteiger charge is -2.32. The maximum atomic E-state index is 11.0. The van der Waals surface area contributed by atoms with Crippen molar-refractivity contribution in [3.8, 4) is 0 Å². The van der Waals surface area contributed by atoms with Gasteiger partial charge in [0.2, 0.25) is 0 Å². The molecular formula is C13H19BO5. The van der Waals surface area contributed by atoms with Gasteiger partial charge in [0.1, 0.15) is 0 Å². The molecule has 0 spiro atoms. The molecule has 1 aromatic heterocycles. The van der Waals surface area contributed by atoms with E-state index in [0.29, 0.717) is 0 Å². The summed E-state index contributed by atoms with van der Waals surface area (Å²) in [5.41, 5.74) is -0.169. The van der Waals surface area contributed by atoms with Crippen molar-refractivity contribution in [2.45, 2.75) is 51.1 Å². The summed E-state index contributed by atoms with van der Waals surface area (Å²) in [6.45, 7) is 7.78. The van der Waals surface area contributed by atoms with Gasteiger partial charge in [-0.3, -0.25) is 4.79 Å². The molecule has 0 amide bonds. The zero-order valence-electron chi connectivity index (χ0n) is 11.7. The molecular weight excluding hydrogens is 247 g/mol. The number of hydrogen-bond donors (Lipinski definition) is 1. The first-order valence-corrected chi connectivity index (χ1v) is 6.32. The van der Waals surface area contributed by atoms with Gasteiger partial charge in [0.25, 0.3) is 0 Å². The third-order valence-corrected chi connectivity index (χ3v) is 3.97. The molecule has 6 heteroatoms. The predicted molar refractivity (Wildman–Crippen MR) is 69.8 cm³/mol. The van der Waals surface area contributed by atoms with Gasteiger partial charge in [-0.2, -0.15) is 0 Å². The van der Waals surface area contributed by atoms with Crippen LogP contribution in [0.5, 0.6) is 0 Å². The monoisotopic (exact) mass is 266 g/mol. The number of rotatable bonds is 4. The van der Waals surface area contributed by atoms with Gasteiger partial charge < -0.3 is 18.8 Å². The largest absolute Gasteiger partial charge is 0.481 e. The predicted octanol–water partition coefficient (Wildman–Crippen LogP) is 2.47. The zero-order valence-corrected chi connectivity index (χ0v) is 11.7. The molecule has 0 radical (unpaired) electrons. The highest BCUT2D eigenvalue weighted by Crippen LogP contribution is 2.41. The van der Waals surface area contributed by atoms with Crippen molar-refractivity contribution in [1.82, 2.24) is 0 Å². The molecule has 1 aliphatic rings. The smallest absolute Gasteiger partial charge is 0.466 e. The maximum Gasteiger partial charge on any atom is 0.466 e. The number of carboxylic acids is 1. The molecule has 19 heavy (non-hydrogen) atoms. The van der Waals surface area contributed by atoms with Crippen molar-refractivity contribution in [3.05, 3.63) is 24.2 Å². The van der Waals surface area contributed by atoms with Crippen LogP contribution in [0.2, 0.25) is 0 Å². The SMILES string of the molecule is CC1(C)OB(C(CC(=O)O)c2ccoc2)OC1(C)C. The second-order valence-electron chi connectivity index (χ2n) is 5.89. The van der Waals surface area contributed by atoms with E-state index in [9.17, 15) is 4.79 Å². The summed E-state index contributed by atoms with van der Waals surface area (Å²) in [7, 11) is -0.585. The Labute approximate surface area is 113 Å². The summed E-state index contributed by atoms with van der Waals surface area (Å²) in [6.07, 6.45) is 3.00. The second-order valence-corrected chi connectivity index (χ2v) is 5.89. The molecule has 0 aromatic carbocycles. The fraction of sp³-hybridized carbons (Fsp3) is 0.615. The standard InChI is InChI=1S/C13H19BO5/c1-12(2)13(3,4)19-14(18-12)10(7-11(15)16)9-5-6-17-8-9/h5-6,8,10H,7H2,1-4H3,(H,15,16). The van der Waals surface area contributed by atoms with Crippen LogP contribution in [0.4, 0.5) is 0 Å². The quantitative estimate of drug-likeness (QED) is 0.848. The molecule has 1 atom stereocenters. The molecule has 2 heterocycles. The van der Waals surface area contributed by atoms with Crippen LogP contribution in [0.3, 0.4) is 0 Å². The summed E-state index contributed by atoms with van der Waals surface area (Å²) >= 11 is 0. The highest BCUT2D eigenvalue weighted by atomic mass is 16.7. The fourth-order valence-electron chi connectivity index (χ4n) is 2.10. The van der Waals surface area contributed by atoms with Crippen molar-refractivity contribution in [2.24, 2.45) is 0 Å². The van der Waals surface area contributed by atoms with E-state index < -0.39 is 24.3 Å². The molecule has 1 aromatic rings. The number of aliphatic carboxylic acids is 1. The van der Waals surface area contributed by atoms with Crippen molar-refractivity contribution in [1.29, 1.82) is 0 Å². The average Bonchev–Trinajstić information content (AvgIpc) is 2.82. The highest BCUT2D eigenvalue weighted by molar-refractivity contribution is 6.48.